The Labute approximate surface area is 116 Å². The maximum atomic E-state index is 11.4. The van der Waals surface area contributed by atoms with E-state index >= 15 is 0 Å². The highest BCUT2D eigenvalue weighted by atomic mass is 35.5. The number of ketones is 1. The van der Waals surface area contributed by atoms with E-state index in [0.29, 0.717) is 5.01 Å². The van der Waals surface area contributed by atoms with Crippen molar-refractivity contribution in [2.45, 2.75) is 38.9 Å². The third-order valence-corrected chi connectivity index (χ3v) is 4.67. The second-order valence-corrected chi connectivity index (χ2v) is 6.54. The van der Waals surface area contributed by atoms with Gasteiger partial charge in [0.05, 0.1) is 21.9 Å². The number of hydrogen-bond donors (Lipinski definition) is 0. The van der Waals surface area contributed by atoms with E-state index in [1.807, 2.05) is 27.7 Å². The zero-order chi connectivity index (χ0) is 13.6. The lowest BCUT2D eigenvalue weighted by Gasteiger charge is -2.32. The molecule has 0 saturated carbocycles. The van der Waals surface area contributed by atoms with E-state index in [9.17, 15) is 4.79 Å². The number of halogens is 1. The van der Waals surface area contributed by atoms with Crippen LogP contribution in [0.2, 0.25) is 0 Å². The van der Waals surface area contributed by atoms with Gasteiger partial charge in [0.1, 0.15) is 0 Å². The normalized spacial score (nSPS) is 21.3. The number of rotatable bonds is 3. The van der Waals surface area contributed by atoms with Crippen LogP contribution in [0, 0.1) is 0 Å². The fourth-order valence-electron chi connectivity index (χ4n) is 1.54. The summed E-state index contributed by atoms with van der Waals surface area (Å²) in [5.74, 6) is -0.236. The van der Waals surface area contributed by atoms with Crippen molar-refractivity contribution < 1.29 is 14.1 Å². The third-order valence-electron chi connectivity index (χ3n) is 3.37. The largest absolute Gasteiger partial charge is 0.507 e. The molecule has 2 heterocycles. The molecule has 0 bridgehead atoms. The van der Waals surface area contributed by atoms with Crippen LogP contribution in [0.3, 0.4) is 0 Å². The lowest BCUT2D eigenvalue weighted by Crippen LogP contribution is -2.41. The number of alkyl halides is 1. The molecule has 2 rings (SSSR count). The van der Waals surface area contributed by atoms with Crippen LogP contribution in [0.1, 0.15) is 37.5 Å². The van der Waals surface area contributed by atoms with Crippen molar-refractivity contribution in [1.29, 1.82) is 0 Å². The molecule has 0 unspecified atom stereocenters. The Morgan fingerprint density at radius 1 is 1.39 bits per heavy atom. The fraction of sp³-hybridized carbons (Fsp3) is 0.636. The molecule has 18 heavy (non-hydrogen) atoms. The second kappa shape index (κ2) is 4.60. The molecule has 1 aromatic rings. The van der Waals surface area contributed by atoms with E-state index in [2.05, 4.69) is 4.98 Å². The third kappa shape index (κ3) is 2.34. The van der Waals surface area contributed by atoms with Gasteiger partial charge >= 0.3 is 7.12 Å². The van der Waals surface area contributed by atoms with Crippen LogP contribution in [0.25, 0.3) is 0 Å². The summed E-state index contributed by atoms with van der Waals surface area (Å²) in [4.78, 5) is 15.5. The van der Waals surface area contributed by atoms with Gasteiger partial charge in [-0.05, 0) is 27.7 Å². The number of Topliss-reactive ketones (excluding diaryl/α,β-unsaturated/α-hetero) is 1. The smallest absolute Gasteiger partial charge is 0.399 e. The van der Waals surface area contributed by atoms with Crippen molar-refractivity contribution in [2.75, 3.05) is 5.88 Å². The van der Waals surface area contributed by atoms with Crippen molar-refractivity contribution in [3.63, 3.8) is 0 Å². The molecule has 0 aromatic carbocycles. The Morgan fingerprint density at radius 2 is 1.94 bits per heavy atom. The first kappa shape index (κ1) is 14.0. The van der Waals surface area contributed by atoms with Gasteiger partial charge in [-0.25, -0.2) is 4.98 Å². The van der Waals surface area contributed by atoms with Gasteiger partial charge in [-0.1, -0.05) is 0 Å². The maximum absolute atomic E-state index is 11.4. The van der Waals surface area contributed by atoms with Crippen LogP contribution in [0.5, 0.6) is 0 Å². The van der Waals surface area contributed by atoms with E-state index in [4.69, 9.17) is 20.9 Å². The number of hydrogen-bond acceptors (Lipinski definition) is 5. The van der Waals surface area contributed by atoms with E-state index in [-0.39, 0.29) is 11.7 Å². The first-order valence-corrected chi connectivity index (χ1v) is 7.02. The first-order chi connectivity index (χ1) is 8.27. The van der Waals surface area contributed by atoms with Crippen LogP contribution >= 0.6 is 22.9 Å². The van der Waals surface area contributed by atoms with Crippen molar-refractivity contribution in [3.8, 4) is 0 Å². The summed E-state index contributed by atoms with van der Waals surface area (Å²) in [6.45, 7) is 7.94. The molecule has 1 fully saturated rings. The molecule has 1 aromatic heterocycles. The summed E-state index contributed by atoms with van der Waals surface area (Å²) >= 11 is 6.77. The molecule has 0 amide bonds. The minimum absolute atomic E-state index is 0.0592. The van der Waals surface area contributed by atoms with Gasteiger partial charge in [-0.15, -0.1) is 22.9 Å². The molecule has 7 heteroatoms. The summed E-state index contributed by atoms with van der Waals surface area (Å²) in [6.07, 6.45) is 1.62. The lowest BCUT2D eigenvalue weighted by atomic mass is 9.89. The molecule has 0 N–H and O–H groups in total. The predicted molar refractivity (Wildman–Crippen MR) is 72.9 cm³/mol. The van der Waals surface area contributed by atoms with E-state index in [1.54, 1.807) is 6.20 Å². The van der Waals surface area contributed by atoms with Gasteiger partial charge < -0.3 is 9.31 Å². The first-order valence-electron chi connectivity index (χ1n) is 5.67. The minimum Gasteiger partial charge on any atom is -0.399 e. The number of carbonyl (C=O) groups is 1. The standard InChI is InChI=1S/C11H15BClNO3S/c1-10(2)11(3,4)17-12(16-10)8-6-14-9(18-8)7(15)5-13/h6H,5H2,1-4H3. The van der Waals surface area contributed by atoms with Crippen LogP contribution in [-0.2, 0) is 9.31 Å². The van der Waals surface area contributed by atoms with Gasteiger partial charge in [-0.2, -0.15) is 0 Å². The van der Waals surface area contributed by atoms with E-state index in [1.165, 1.54) is 11.3 Å². The van der Waals surface area contributed by atoms with Gasteiger partial charge in [0.2, 0.25) is 5.78 Å². The zero-order valence-corrected chi connectivity index (χ0v) is 12.4. The molecule has 0 spiro atoms. The molecule has 1 aliphatic heterocycles. The number of carbonyl (C=O) groups excluding carboxylic acids is 1. The Balaban J connectivity index is 2.20. The van der Waals surface area contributed by atoms with Crippen molar-refractivity contribution in [1.82, 2.24) is 4.98 Å². The summed E-state index contributed by atoms with van der Waals surface area (Å²) in [6, 6.07) is 0. The second-order valence-electron chi connectivity index (χ2n) is 5.21. The van der Waals surface area contributed by atoms with Gasteiger partial charge in [0, 0.05) is 6.20 Å². The van der Waals surface area contributed by atoms with Crippen LogP contribution < -0.4 is 4.78 Å². The highest BCUT2D eigenvalue weighted by Gasteiger charge is 2.52. The topological polar surface area (TPSA) is 48.4 Å². The number of aromatic nitrogens is 1. The molecular formula is C11H15BClNO3S. The van der Waals surface area contributed by atoms with Crippen LogP contribution in [0.4, 0.5) is 0 Å². The van der Waals surface area contributed by atoms with Crippen molar-refractivity contribution in [2.24, 2.45) is 0 Å². The van der Waals surface area contributed by atoms with Gasteiger partial charge in [0.15, 0.2) is 5.01 Å². The minimum atomic E-state index is -0.468. The molecule has 0 aliphatic carbocycles. The highest BCUT2D eigenvalue weighted by molar-refractivity contribution is 7.23. The zero-order valence-electron chi connectivity index (χ0n) is 10.8. The van der Waals surface area contributed by atoms with Crippen molar-refractivity contribution >= 4 is 40.6 Å². The number of nitrogens with zero attached hydrogens (tertiary/aromatic N) is 1. The van der Waals surface area contributed by atoms with E-state index in [0.717, 1.165) is 4.78 Å². The quantitative estimate of drug-likeness (QED) is 0.484. The Morgan fingerprint density at radius 3 is 2.44 bits per heavy atom. The monoisotopic (exact) mass is 287 g/mol. The summed E-state index contributed by atoms with van der Waals surface area (Å²) < 4.78 is 12.6. The van der Waals surface area contributed by atoms with Crippen LogP contribution in [-0.4, -0.2) is 35.0 Å². The van der Waals surface area contributed by atoms with Gasteiger partial charge in [0.25, 0.3) is 0 Å². The Bertz CT molecular complexity index is 459. The molecule has 4 nitrogen and oxygen atoms in total. The molecule has 98 valence electrons. The molecule has 0 atom stereocenters. The fourth-order valence-corrected chi connectivity index (χ4v) is 2.56. The van der Waals surface area contributed by atoms with Crippen LogP contribution in [0.15, 0.2) is 6.20 Å². The van der Waals surface area contributed by atoms with Crippen molar-refractivity contribution in [3.05, 3.63) is 11.2 Å². The summed E-state index contributed by atoms with van der Waals surface area (Å²) in [7, 11) is -0.468. The number of thiazole rings is 1. The SMILES string of the molecule is CC1(C)OB(c2cnc(C(=O)CCl)s2)OC1(C)C. The highest BCUT2D eigenvalue weighted by Crippen LogP contribution is 2.36. The average Bonchev–Trinajstić information content (AvgIpc) is 2.82. The van der Waals surface area contributed by atoms with E-state index < -0.39 is 18.3 Å². The molecule has 1 aliphatic rings. The lowest BCUT2D eigenvalue weighted by molar-refractivity contribution is 0.00578. The van der Waals surface area contributed by atoms with Gasteiger partial charge in [-0.3, -0.25) is 4.79 Å². The average molecular weight is 288 g/mol. The summed E-state index contributed by atoms with van der Waals surface area (Å²) in [5.41, 5.74) is -0.781. The summed E-state index contributed by atoms with van der Waals surface area (Å²) in [5, 5.41) is 0.398. The molecule has 0 radical (unpaired) electrons. The Kier molecular flexibility index (Phi) is 3.57. The predicted octanol–water partition coefficient (Wildman–Crippen LogP) is 1.86. The maximum Gasteiger partial charge on any atom is 0.507 e. The molecule has 1 saturated heterocycles. The molecular weight excluding hydrogens is 272 g/mol. The Hall–Kier alpha value is -0.425.